The van der Waals surface area contributed by atoms with Crippen LogP contribution in [-0.4, -0.2) is 15.9 Å². The molecule has 0 aliphatic heterocycles. The molecule has 1 heterocycles. The summed E-state index contributed by atoms with van der Waals surface area (Å²) >= 11 is 0. The summed E-state index contributed by atoms with van der Waals surface area (Å²) in [6.45, 7) is 8.49. The van der Waals surface area contributed by atoms with Gasteiger partial charge >= 0.3 is 0 Å². The molecule has 1 aromatic heterocycles. The van der Waals surface area contributed by atoms with Crippen LogP contribution in [0.25, 0.3) is 0 Å². The molecule has 2 rings (SSSR count). The van der Waals surface area contributed by atoms with Gasteiger partial charge in [0.2, 0.25) is 0 Å². The van der Waals surface area contributed by atoms with Crippen molar-refractivity contribution in [1.82, 2.24) is 9.97 Å². The smallest absolute Gasteiger partial charge is 0.275 e. The van der Waals surface area contributed by atoms with E-state index in [1.165, 1.54) is 12.4 Å². The van der Waals surface area contributed by atoms with E-state index in [1.807, 2.05) is 6.07 Å². The second-order valence-electron chi connectivity index (χ2n) is 5.67. The van der Waals surface area contributed by atoms with Crippen molar-refractivity contribution < 1.29 is 4.79 Å². The SMILES string of the molecule is CC(C)c1cccc(C(C)C)c1NC(=O)c1cnccn1. The maximum Gasteiger partial charge on any atom is 0.275 e. The molecule has 0 bridgehead atoms. The largest absolute Gasteiger partial charge is 0.320 e. The number of amides is 1. The first-order valence-corrected chi connectivity index (χ1v) is 7.21. The minimum absolute atomic E-state index is 0.224. The lowest BCUT2D eigenvalue weighted by Crippen LogP contribution is -2.17. The highest BCUT2D eigenvalue weighted by atomic mass is 16.1. The third-order valence-electron chi connectivity index (χ3n) is 3.41. The van der Waals surface area contributed by atoms with E-state index in [1.54, 1.807) is 6.20 Å². The van der Waals surface area contributed by atoms with E-state index < -0.39 is 0 Å². The number of anilines is 1. The molecule has 4 heteroatoms. The van der Waals surface area contributed by atoms with Crippen molar-refractivity contribution in [3.05, 3.63) is 53.6 Å². The van der Waals surface area contributed by atoms with Gasteiger partial charge in [0.05, 0.1) is 6.20 Å². The van der Waals surface area contributed by atoms with Crippen LogP contribution in [0.4, 0.5) is 5.69 Å². The topological polar surface area (TPSA) is 54.9 Å². The summed E-state index contributed by atoms with van der Waals surface area (Å²) in [5.74, 6) is 0.444. The average Bonchev–Trinajstić information content (AvgIpc) is 2.47. The number of carbonyl (C=O) groups excluding carboxylic acids is 1. The van der Waals surface area contributed by atoms with Gasteiger partial charge in [-0.3, -0.25) is 9.78 Å². The average molecular weight is 283 g/mol. The van der Waals surface area contributed by atoms with Gasteiger partial charge in [-0.15, -0.1) is 0 Å². The summed E-state index contributed by atoms with van der Waals surface area (Å²) in [6, 6.07) is 6.16. The van der Waals surface area contributed by atoms with E-state index >= 15 is 0 Å². The third-order valence-corrected chi connectivity index (χ3v) is 3.41. The van der Waals surface area contributed by atoms with Crippen molar-refractivity contribution >= 4 is 11.6 Å². The second-order valence-corrected chi connectivity index (χ2v) is 5.67. The van der Waals surface area contributed by atoms with Crippen LogP contribution in [0.2, 0.25) is 0 Å². The fourth-order valence-electron chi connectivity index (χ4n) is 2.29. The number of carbonyl (C=O) groups is 1. The monoisotopic (exact) mass is 283 g/mol. The van der Waals surface area contributed by atoms with E-state index in [0.717, 1.165) is 16.8 Å². The lowest BCUT2D eigenvalue weighted by Gasteiger charge is -2.19. The van der Waals surface area contributed by atoms with Crippen molar-refractivity contribution in [2.45, 2.75) is 39.5 Å². The van der Waals surface area contributed by atoms with Gasteiger partial charge in [-0.2, -0.15) is 0 Å². The molecule has 21 heavy (non-hydrogen) atoms. The molecular weight excluding hydrogens is 262 g/mol. The molecule has 1 N–H and O–H groups in total. The van der Waals surface area contributed by atoms with Crippen LogP contribution in [0.1, 0.15) is 61.1 Å². The third kappa shape index (κ3) is 3.45. The lowest BCUT2D eigenvalue weighted by atomic mass is 9.92. The van der Waals surface area contributed by atoms with Gasteiger partial charge in [0.1, 0.15) is 5.69 Å². The summed E-state index contributed by atoms with van der Waals surface area (Å²) in [5, 5.41) is 3.02. The number of rotatable bonds is 4. The molecule has 4 nitrogen and oxygen atoms in total. The zero-order valence-corrected chi connectivity index (χ0v) is 12.9. The fraction of sp³-hybridized carbons (Fsp3) is 0.353. The van der Waals surface area contributed by atoms with Crippen LogP contribution >= 0.6 is 0 Å². The molecule has 1 aromatic carbocycles. The Morgan fingerprint density at radius 3 is 2.14 bits per heavy atom. The van der Waals surface area contributed by atoms with E-state index in [2.05, 4.69) is 55.1 Å². The summed E-state index contributed by atoms with van der Waals surface area (Å²) in [5.41, 5.74) is 3.50. The van der Waals surface area contributed by atoms with Gasteiger partial charge in [0.25, 0.3) is 5.91 Å². The van der Waals surface area contributed by atoms with E-state index in [9.17, 15) is 4.79 Å². The van der Waals surface area contributed by atoms with Crippen LogP contribution in [-0.2, 0) is 0 Å². The highest BCUT2D eigenvalue weighted by molar-refractivity contribution is 6.03. The number of aromatic nitrogens is 2. The summed E-state index contributed by atoms with van der Waals surface area (Å²) in [7, 11) is 0. The van der Waals surface area contributed by atoms with Crippen LogP contribution < -0.4 is 5.32 Å². The molecule has 1 amide bonds. The second kappa shape index (κ2) is 6.48. The van der Waals surface area contributed by atoms with Crippen LogP contribution in [0.15, 0.2) is 36.8 Å². The van der Waals surface area contributed by atoms with Crippen molar-refractivity contribution in [2.75, 3.05) is 5.32 Å². The molecule has 0 unspecified atom stereocenters. The first kappa shape index (κ1) is 15.2. The minimum Gasteiger partial charge on any atom is -0.320 e. The predicted octanol–water partition coefficient (Wildman–Crippen LogP) is 3.98. The van der Waals surface area contributed by atoms with E-state index in [0.29, 0.717) is 17.5 Å². The molecule has 110 valence electrons. The number of nitrogens with zero attached hydrogens (tertiary/aromatic N) is 2. The van der Waals surface area contributed by atoms with Gasteiger partial charge in [-0.1, -0.05) is 45.9 Å². The quantitative estimate of drug-likeness (QED) is 0.923. The van der Waals surface area contributed by atoms with Crippen molar-refractivity contribution in [3.63, 3.8) is 0 Å². The number of para-hydroxylation sites is 1. The molecule has 2 aromatic rings. The van der Waals surface area contributed by atoms with Gasteiger partial charge < -0.3 is 5.32 Å². The molecule has 0 saturated heterocycles. The maximum atomic E-state index is 12.4. The standard InChI is InChI=1S/C17H21N3O/c1-11(2)13-6-5-7-14(12(3)4)16(13)20-17(21)15-10-18-8-9-19-15/h5-12H,1-4H3,(H,20,21). The van der Waals surface area contributed by atoms with Gasteiger partial charge in [-0.05, 0) is 23.0 Å². The first-order valence-electron chi connectivity index (χ1n) is 7.21. The van der Waals surface area contributed by atoms with Crippen LogP contribution in [0.5, 0.6) is 0 Å². The van der Waals surface area contributed by atoms with Gasteiger partial charge in [0.15, 0.2) is 0 Å². The normalized spacial score (nSPS) is 11.0. The number of hydrogen-bond donors (Lipinski definition) is 1. The summed E-state index contributed by atoms with van der Waals surface area (Å²) in [6.07, 6.45) is 4.55. The maximum absolute atomic E-state index is 12.4. The Kier molecular flexibility index (Phi) is 4.68. The Morgan fingerprint density at radius 2 is 1.67 bits per heavy atom. The van der Waals surface area contributed by atoms with Crippen LogP contribution in [0, 0.1) is 0 Å². The predicted molar refractivity (Wildman–Crippen MR) is 84.6 cm³/mol. The Bertz CT molecular complexity index is 595. The molecule has 0 atom stereocenters. The first-order chi connectivity index (χ1) is 10.0. The van der Waals surface area contributed by atoms with E-state index in [4.69, 9.17) is 0 Å². The highest BCUT2D eigenvalue weighted by Gasteiger charge is 2.17. The Hall–Kier alpha value is -2.23. The molecule has 0 spiro atoms. The Morgan fingerprint density at radius 1 is 1.05 bits per heavy atom. The molecular formula is C17H21N3O. The lowest BCUT2D eigenvalue weighted by molar-refractivity contribution is 0.102. The zero-order chi connectivity index (χ0) is 15.4. The number of hydrogen-bond acceptors (Lipinski definition) is 3. The Balaban J connectivity index is 2.40. The van der Waals surface area contributed by atoms with Gasteiger partial charge in [-0.25, -0.2) is 4.98 Å². The molecule has 0 saturated carbocycles. The fourth-order valence-corrected chi connectivity index (χ4v) is 2.29. The summed E-state index contributed by atoms with van der Waals surface area (Å²) in [4.78, 5) is 20.3. The molecule has 0 fully saturated rings. The van der Waals surface area contributed by atoms with Crippen molar-refractivity contribution in [3.8, 4) is 0 Å². The number of benzene rings is 1. The van der Waals surface area contributed by atoms with Crippen molar-refractivity contribution in [1.29, 1.82) is 0 Å². The zero-order valence-electron chi connectivity index (χ0n) is 12.9. The minimum atomic E-state index is -0.224. The van der Waals surface area contributed by atoms with Gasteiger partial charge in [0, 0.05) is 18.1 Å². The molecule has 0 aliphatic carbocycles. The molecule has 0 aliphatic rings. The van der Waals surface area contributed by atoms with Crippen LogP contribution in [0.3, 0.4) is 0 Å². The Labute approximate surface area is 125 Å². The van der Waals surface area contributed by atoms with E-state index in [-0.39, 0.29) is 5.91 Å². The highest BCUT2D eigenvalue weighted by Crippen LogP contribution is 2.32. The number of nitrogens with one attached hydrogen (secondary N) is 1. The van der Waals surface area contributed by atoms with Crippen molar-refractivity contribution in [2.24, 2.45) is 0 Å². The summed E-state index contributed by atoms with van der Waals surface area (Å²) < 4.78 is 0. The molecule has 0 radical (unpaired) electrons.